The molecule has 1 fully saturated rings. The maximum atomic E-state index is 9.85. The molecule has 0 heterocycles. The zero-order valence-corrected chi connectivity index (χ0v) is 20.1. The van der Waals surface area contributed by atoms with Crippen LogP contribution in [0.1, 0.15) is 33.6 Å². The number of benzene rings is 3. The van der Waals surface area contributed by atoms with Crippen LogP contribution in [0, 0.1) is 17.2 Å². The number of rotatable bonds is 6. The Morgan fingerprint density at radius 2 is 1.28 bits per heavy atom. The molecule has 4 heteroatoms. The molecule has 32 heavy (non-hydrogen) atoms. The highest BCUT2D eigenvalue weighted by molar-refractivity contribution is 6.99. The molecule has 0 spiro atoms. The monoisotopic (exact) mass is 441 g/mol. The lowest BCUT2D eigenvalue weighted by Gasteiger charge is -2.44. The topological polar surface area (TPSA) is 42.2 Å². The van der Waals surface area contributed by atoms with E-state index in [0.717, 1.165) is 12.2 Å². The Bertz CT molecular complexity index is 1000. The molecule has 0 saturated heterocycles. The summed E-state index contributed by atoms with van der Waals surface area (Å²) in [7, 11) is -2.64. The predicted molar refractivity (Wildman–Crippen MR) is 132 cm³/mol. The third kappa shape index (κ3) is 4.37. The molecule has 0 radical (unpaired) electrons. The van der Waals surface area contributed by atoms with Crippen LogP contribution in [0.25, 0.3) is 0 Å². The van der Waals surface area contributed by atoms with Gasteiger partial charge in [-0.25, -0.2) is 0 Å². The van der Waals surface area contributed by atoms with Crippen molar-refractivity contribution in [3.63, 3.8) is 0 Å². The Balaban J connectivity index is 1.70. The Hall–Kier alpha value is -2.87. The lowest BCUT2D eigenvalue weighted by molar-refractivity contribution is 0.153. The van der Waals surface area contributed by atoms with E-state index in [4.69, 9.17) is 9.16 Å². The number of ether oxygens (including phenoxy) is 1. The highest BCUT2D eigenvalue weighted by atomic mass is 28.4. The summed E-state index contributed by atoms with van der Waals surface area (Å²) < 4.78 is 13.5. The standard InChI is InChI=1S/C28H31NO2Si/c1-28(2,3)32(25-15-9-5-10-16-25,26-17-11-6-12-18-26)31-24-19-22(21-29)27(20-24)30-23-13-7-4-8-14-23/h4-18,22,24,27H,19-20H2,1-3H3/t22-,24-,27+/m1/s1. The molecule has 1 saturated carbocycles. The molecule has 164 valence electrons. The molecular formula is C28H31NO2Si. The van der Waals surface area contributed by atoms with Crippen molar-refractivity contribution >= 4 is 18.7 Å². The second-order valence-electron chi connectivity index (χ2n) is 9.58. The fraction of sp³-hybridized carbons (Fsp3) is 0.321. The van der Waals surface area contributed by atoms with E-state index in [2.05, 4.69) is 87.5 Å². The maximum Gasteiger partial charge on any atom is 0.261 e. The number of nitriles is 1. The van der Waals surface area contributed by atoms with Gasteiger partial charge >= 0.3 is 0 Å². The van der Waals surface area contributed by atoms with Crippen molar-refractivity contribution in [3.8, 4) is 11.8 Å². The van der Waals surface area contributed by atoms with E-state index in [9.17, 15) is 5.26 Å². The third-order valence-electron chi connectivity index (χ3n) is 6.42. The molecule has 3 aromatic carbocycles. The Kier molecular flexibility index (Phi) is 6.50. The van der Waals surface area contributed by atoms with Crippen LogP contribution in [-0.4, -0.2) is 20.5 Å². The molecule has 0 unspecified atom stereocenters. The number of hydrogen-bond donors (Lipinski definition) is 0. The Morgan fingerprint density at radius 1 is 0.781 bits per heavy atom. The minimum atomic E-state index is -2.64. The molecule has 0 aromatic heterocycles. The van der Waals surface area contributed by atoms with Gasteiger partial charge in [-0.05, 0) is 34.0 Å². The van der Waals surface area contributed by atoms with Crippen molar-refractivity contribution in [3.05, 3.63) is 91.0 Å². The van der Waals surface area contributed by atoms with E-state index < -0.39 is 8.32 Å². The molecule has 3 atom stereocenters. The first-order chi connectivity index (χ1) is 15.4. The molecule has 4 rings (SSSR count). The van der Waals surface area contributed by atoms with Crippen molar-refractivity contribution in [2.75, 3.05) is 0 Å². The summed E-state index contributed by atoms with van der Waals surface area (Å²) in [5.41, 5.74) is 0. The first-order valence-electron chi connectivity index (χ1n) is 11.3. The van der Waals surface area contributed by atoms with Gasteiger partial charge < -0.3 is 9.16 Å². The largest absolute Gasteiger partial charge is 0.489 e. The van der Waals surface area contributed by atoms with E-state index in [0.29, 0.717) is 6.42 Å². The molecule has 1 aliphatic carbocycles. The highest BCUT2D eigenvalue weighted by Crippen LogP contribution is 2.41. The van der Waals surface area contributed by atoms with Crippen LogP contribution in [-0.2, 0) is 4.43 Å². The molecule has 1 aliphatic rings. The fourth-order valence-corrected chi connectivity index (χ4v) is 9.64. The Morgan fingerprint density at radius 3 is 1.75 bits per heavy atom. The van der Waals surface area contributed by atoms with Crippen LogP contribution >= 0.6 is 0 Å². The highest BCUT2D eigenvalue weighted by Gasteiger charge is 2.53. The Labute approximate surface area is 192 Å². The fourth-order valence-electron chi connectivity index (χ4n) is 4.93. The second kappa shape index (κ2) is 9.32. The van der Waals surface area contributed by atoms with E-state index >= 15 is 0 Å². The van der Waals surface area contributed by atoms with Gasteiger partial charge in [-0.1, -0.05) is 99.6 Å². The summed E-state index contributed by atoms with van der Waals surface area (Å²) in [6.45, 7) is 6.86. The normalized spacial score (nSPS) is 21.1. The minimum Gasteiger partial charge on any atom is -0.489 e. The van der Waals surface area contributed by atoms with Gasteiger partial charge in [-0.3, -0.25) is 0 Å². The summed E-state index contributed by atoms with van der Waals surface area (Å²) >= 11 is 0. The average Bonchev–Trinajstić information content (AvgIpc) is 3.19. The molecule has 0 aliphatic heterocycles. The summed E-state index contributed by atoms with van der Waals surface area (Å²) in [6.07, 6.45) is 1.22. The van der Waals surface area contributed by atoms with E-state index in [1.807, 2.05) is 30.3 Å². The molecule has 3 aromatic rings. The van der Waals surface area contributed by atoms with Crippen LogP contribution in [0.4, 0.5) is 0 Å². The lowest BCUT2D eigenvalue weighted by Crippen LogP contribution is -2.67. The van der Waals surface area contributed by atoms with Gasteiger partial charge in [0.1, 0.15) is 11.9 Å². The minimum absolute atomic E-state index is 0.0281. The van der Waals surface area contributed by atoms with Crippen LogP contribution in [0.3, 0.4) is 0 Å². The van der Waals surface area contributed by atoms with Gasteiger partial charge in [0.2, 0.25) is 0 Å². The number of hydrogen-bond acceptors (Lipinski definition) is 3. The molecule has 3 nitrogen and oxygen atoms in total. The second-order valence-corrected chi connectivity index (χ2v) is 13.8. The molecular weight excluding hydrogens is 410 g/mol. The predicted octanol–water partition coefficient (Wildman–Crippen LogP) is 5.31. The quantitative estimate of drug-likeness (QED) is 0.487. The van der Waals surface area contributed by atoms with Crippen molar-refractivity contribution in [2.24, 2.45) is 5.92 Å². The lowest BCUT2D eigenvalue weighted by atomic mass is 10.1. The third-order valence-corrected chi connectivity index (χ3v) is 11.5. The van der Waals surface area contributed by atoms with Gasteiger partial charge in [0.05, 0.1) is 18.1 Å². The zero-order chi connectivity index (χ0) is 22.6. The first-order valence-corrected chi connectivity index (χ1v) is 13.2. The molecule has 0 amide bonds. The molecule has 0 bridgehead atoms. The zero-order valence-electron chi connectivity index (χ0n) is 19.1. The maximum absolute atomic E-state index is 9.85. The summed E-state index contributed by atoms with van der Waals surface area (Å²) in [6, 6.07) is 33.6. The SMILES string of the molecule is CC(C)(C)[Si](O[C@H]1C[C@H](Oc2ccccc2)[C@@H](C#N)C1)(c1ccccc1)c1ccccc1. The van der Waals surface area contributed by atoms with Crippen molar-refractivity contribution in [1.29, 1.82) is 5.26 Å². The van der Waals surface area contributed by atoms with Crippen LogP contribution in [0.2, 0.25) is 5.04 Å². The number of nitrogens with zero attached hydrogens (tertiary/aromatic N) is 1. The van der Waals surface area contributed by atoms with Crippen molar-refractivity contribution in [1.82, 2.24) is 0 Å². The average molecular weight is 442 g/mol. The van der Waals surface area contributed by atoms with Crippen molar-refractivity contribution in [2.45, 2.75) is 50.9 Å². The van der Waals surface area contributed by atoms with Crippen LogP contribution in [0.5, 0.6) is 5.75 Å². The van der Waals surface area contributed by atoms with Crippen LogP contribution in [0.15, 0.2) is 91.0 Å². The van der Waals surface area contributed by atoms with E-state index in [1.165, 1.54) is 10.4 Å². The van der Waals surface area contributed by atoms with Gasteiger partial charge in [-0.15, -0.1) is 0 Å². The number of para-hydroxylation sites is 1. The van der Waals surface area contributed by atoms with Crippen molar-refractivity contribution < 1.29 is 9.16 Å². The summed E-state index contributed by atoms with van der Waals surface area (Å²) in [5.74, 6) is 0.627. The smallest absolute Gasteiger partial charge is 0.261 e. The van der Waals surface area contributed by atoms with Crippen LogP contribution < -0.4 is 15.1 Å². The first kappa shape index (κ1) is 22.3. The summed E-state index contributed by atoms with van der Waals surface area (Å²) in [4.78, 5) is 0. The van der Waals surface area contributed by atoms with Gasteiger partial charge in [-0.2, -0.15) is 5.26 Å². The van der Waals surface area contributed by atoms with Gasteiger partial charge in [0.15, 0.2) is 0 Å². The van der Waals surface area contributed by atoms with E-state index in [1.54, 1.807) is 0 Å². The van der Waals surface area contributed by atoms with E-state index in [-0.39, 0.29) is 23.2 Å². The van der Waals surface area contributed by atoms with Gasteiger partial charge in [0.25, 0.3) is 8.32 Å². The van der Waals surface area contributed by atoms with Gasteiger partial charge in [0, 0.05) is 6.42 Å². The molecule has 0 N–H and O–H groups in total. The summed E-state index contributed by atoms with van der Waals surface area (Å²) in [5, 5.41) is 12.3.